The molecule has 0 aliphatic heterocycles. The van der Waals surface area contributed by atoms with Crippen LogP contribution in [0.4, 0.5) is 0 Å². The molecule has 0 spiro atoms. The summed E-state index contributed by atoms with van der Waals surface area (Å²) in [4.78, 5) is 11.3. The molecule has 3 rings (SSSR count). The van der Waals surface area contributed by atoms with Gasteiger partial charge in [0.15, 0.2) is 6.29 Å². The molecule has 3 aromatic carbocycles. The van der Waals surface area contributed by atoms with Gasteiger partial charge in [-0.1, -0.05) is 87.6 Å². The smallest absolute Gasteiger partial charge is 0.150 e. The van der Waals surface area contributed by atoms with Gasteiger partial charge in [0.1, 0.15) is 18.1 Å². The summed E-state index contributed by atoms with van der Waals surface area (Å²) in [6, 6.07) is 18.2. The number of ether oxygens (including phenoxy) is 1. The molecule has 0 aromatic heterocycles. The first kappa shape index (κ1) is 29.2. The Balaban J connectivity index is 0.000000281. The van der Waals surface area contributed by atoms with Crippen molar-refractivity contribution in [2.45, 2.75) is 92.6 Å². The molecule has 0 saturated carbocycles. The minimum Gasteiger partial charge on any atom is -0.507 e. The molecule has 0 aliphatic carbocycles. The van der Waals surface area contributed by atoms with E-state index in [1.165, 1.54) is 37.7 Å². The van der Waals surface area contributed by atoms with Crippen molar-refractivity contribution in [1.29, 1.82) is 0 Å². The summed E-state index contributed by atoms with van der Waals surface area (Å²) in [5.41, 5.74) is 7.41. The van der Waals surface area contributed by atoms with E-state index >= 15 is 0 Å². The van der Waals surface area contributed by atoms with Crippen molar-refractivity contribution in [3.05, 3.63) is 93.5 Å². The van der Waals surface area contributed by atoms with E-state index in [9.17, 15) is 9.90 Å². The molecule has 0 aliphatic rings. The third-order valence-electron chi connectivity index (χ3n) is 6.44. The highest BCUT2D eigenvalue weighted by molar-refractivity contribution is 5.80. The molecule has 194 valence electrons. The number of hydrogen-bond donors (Lipinski definition) is 1. The Hall–Kier alpha value is -3.07. The van der Waals surface area contributed by atoms with Crippen molar-refractivity contribution in [2.75, 3.05) is 0 Å². The molecule has 0 amide bonds. The maximum absolute atomic E-state index is 11.3. The molecular formula is C33H44O3. The average molecular weight is 489 g/mol. The summed E-state index contributed by atoms with van der Waals surface area (Å²) in [6.07, 6.45) is 10.0. The van der Waals surface area contributed by atoms with Gasteiger partial charge >= 0.3 is 0 Å². The van der Waals surface area contributed by atoms with E-state index in [2.05, 4.69) is 39.0 Å². The van der Waals surface area contributed by atoms with Gasteiger partial charge in [0.25, 0.3) is 0 Å². The minimum absolute atomic E-state index is 0.492. The second-order valence-corrected chi connectivity index (χ2v) is 9.71. The van der Waals surface area contributed by atoms with E-state index in [-0.39, 0.29) is 0 Å². The molecule has 0 saturated heterocycles. The molecule has 0 heterocycles. The summed E-state index contributed by atoms with van der Waals surface area (Å²) in [6.45, 7) is 10.9. The number of carbonyl (C=O) groups is 1. The van der Waals surface area contributed by atoms with Crippen LogP contribution < -0.4 is 4.74 Å². The van der Waals surface area contributed by atoms with Gasteiger partial charge in [-0.25, -0.2) is 0 Å². The molecule has 0 atom stereocenters. The van der Waals surface area contributed by atoms with Gasteiger partial charge in [0.05, 0.1) is 0 Å². The van der Waals surface area contributed by atoms with E-state index in [0.29, 0.717) is 12.4 Å². The van der Waals surface area contributed by atoms with Crippen LogP contribution in [-0.2, 0) is 19.4 Å². The van der Waals surface area contributed by atoms with Crippen molar-refractivity contribution >= 4 is 6.29 Å². The second-order valence-electron chi connectivity index (χ2n) is 9.71. The zero-order valence-corrected chi connectivity index (χ0v) is 22.9. The number of benzene rings is 3. The largest absolute Gasteiger partial charge is 0.507 e. The van der Waals surface area contributed by atoms with Crippen LogP contribution in [0.25, 0.3) is 0 Å². The number of carbonyl (C=O) groups excluding carboxylic acids is 1. The van der Waals surface area contributed by atoms with E-state index in [0.717, 1.165) is 64.7 Å². The first-order chi connectivity index (χ1) is 17.4. The zero-order valence-electron chi connectivity index (χ0n) is 22.9. The number of phenols is 1. The van der Waals surface area contributed by atoms with Crippen LogP contribution in [0.3, 0.4) is 0 Å². The lowest BCUT2D eigenvalue weighted by atomic mass is 9.97. The Bertz CT molecular complexity index is 1070. The maximum atomic E-state index is 11.3. The van der Waals surface area contributed by atoms with Crippen LogP contribution in [0.5, 0.6) is 11.5 Å². The third-order valence-corrected chi connectivity index (χ3v) is 6.44. The van der Waals surface area contributed by atoms with Crippen LogP contribution in [0, 0.1) is 20.8 Å². The third kappa shape index (κ3) is 9.53. The lowest BCUT2D eigenvalue weighted by Crippen LogP contribution is -2.01. The highest BCUT2D eigenvalue weighted by atomic mass is 16.5. The second kappa shape index (κ2) is 15.8. The fraction of sp³-hybridized carbons (Fsp3) is 0.424. The van der Waals surface area contributed by atoms with E-state index in [4.69, 9.17) is 4.74 Å². The van der Waals surface area contributed by atoms with Crippen molar-refractivity contribution < 1.29 is 14.6 Å². The number of unbranched alkanes of at least 4 members (excludes halogenated alkanes) is 4. The number of phenolic OH excluding ortho intramolecular Hbond substituents is 1. The summed E-state index contributed by atoms with van der Waals surface area (Å²) in [7, 11) is 0. The number of rotatable bonds is 12. The van der Waals surface area contributed by atoms with Crippen LogP contribution in [0.15, 0.2) is 54.6 Å². The zero-order chi connectivity index (χ0) is 26.3. The molecule has 3 nitrogen and oxygen atoms in total. The molecule has 3 heteroatoms. The molecule has 0 unspecified atom stereocenters. The van der Waals surface area contributed by atoms with Crippen LogP contribution in [-0.4, -0.2) is 11.4 Å². The van der Waals surface area contributed by atoms with Crippen LogP contribution in [0.2, 0.25) is 0 Å². The van der Waals surface area contributed by atoms with E-state index in [1.54, 1.807) is 0 Å². The van der Waals surface area contributed by atoms with Crippen LogP contribution >= 0.6 is 0 Å². The fourth-order valence-electron chi connectivity index (χ4n) is 4.40. The minimum atomic E-state index is 0.492. The standard InChI is InChI=1S/C20H24O2.C13H20O/c1-3-4-6-11-18-13-19(12-16(2)20(18)14-21)22-15-17-9-7-5-8-10-17;1-4-5-6-7-12-9-10(2)8-11(3)13(12)14/h5,7-10,12-14H,3-4,6,11,15H2,1-2H3;8-9,14H,4-7H2,1-3H3. The van der Waals surface area contributed by atoms with Gasteiger partial charge in [-0.05, 0) is 86.4 Å². The monoisotopic (exact) mass is 488 g/mol. The maximum Gasteiger partial charge on any atom is 0.150 e. The molecule has 36 heavy (non-hydrogen) atoms. The highest BCUT2D eigenvalue weighted by Gasteiger charge is 2.09. The van der Waals surface area contributed by atoms with Gasteiger partial charge in [0, 0.05) is 5.56 Å². The predicted molar refractivity (Wildman–Crippen MR) is 151 cm³/mol. The van der Waals surface area contributed by atoms with Gasteiger partial charge in [-0.2, -0.15) is 0 Å². The predicted octanol–water partition coefficient (Wildman–Crippen LogP) is 8.86. The van der Waals surface area contributed by atoms with E-state index < -0.39 is 0 Å². The Morgan fingerprint density at radius 3 is 2.03 bits per heavy atom. The Morgan fingerprint density at radius 1 is 0.778 bits per heavy atom. The van der Waals surface area contributed by atoms with Crippen molar-refractivity contribution in [2.24, 2.45) is 0 Å². The Kier molecular flexibility index (Phi) is 12.8. The van der Waals surface area contributed by atoms with E-state index in [1.807, 2.05) is 50.2 Å². The molecule has 1 N–H and O–H groups in total. The highest BCUT2D eigenvalue weighted by Crippen LogP contribution is 2.26. The number of hydrogen-bond acceptors (Lipinski definition) is 3. The van der Waals surface area contributed by atoms with Crippen molar-refractivity contribution in [1.82, 2.24) is 0 Å². The molecule has 0 bridgehead atoms. The lowest BCUT2D eigenvalue weighted by Gasteiger charge is -2.13. The quantitative estimate of drug-likeness (QED) is 0.204. The summed E-state index contributed by atoms with van der Waals surface area (Å²) < 4.78 is 5.90. The Labute approximate surface area is 218 Å². The summed E-state index contributed by atoms with van der Waals surface area (Å²) >= 11 is 0. The molecule has 3 aromatic rings. The number of aryl methyl sites for hydroxylation is 5. The van der Waals surface area contributed by atoms with Crippen molar-refractivity contribution in [3.63, 3.8) is 0 Å². The average Bonchev–Trinajstić information content (AvgIpc) is 2.87. The SMILES string of the molecule is CCCCCc1cc(C)cc(C)c1O.CCCCCc1cc(OCc2ccccc2)cc(C)c1C=O. The molecular weight excluding hydrogens is 444 g/mol. The van der Waals surface area contributed by atoms with Crippen molar-refractivity contribution in [3.8, 4) is 11.5 Å². The number of aromatic hydroxyl groups is 1. The first-order valence-electron chi connectivity index (χ1n) is 13.4. The van der Waals surface area contributed by atoms with Gasteiger partial charge < -0.3 is 9.84 Å². The van der Waals surface area contributed by atoms with Gasteiger partial charge in [0.2, 0.25) is 0 Å². The molecule has 0 radical (unpaired) electrons. The topological polar surface area (TPSA) is 46.5 Å². The Morgan fingerprint density at radius 2 is 1.42 bits per heavy atom. The fourth-order valence-corrected chi connectivity index (χ4v) is 4.40. The molecule has 0 fully saturated rings. The lowest BCUT2D eigenvalue weighted by molar-refractivity contribution is 0.112. The summed E-state index contributed by atoms with van der Waals surface area (Å²) in [5.74, 6) is 1.34. The normalized spacial score (nSPS) is 10.5. The summed E-state index contributed by atoms with van der Waals surface area (Å²) in [5, 5.41) is 9.82. The van der Waals surface area contributed by atoms with Crippen LogP contribution in [0.1, 0.15) is 96.1 Å². The number of aldehydes is 1. The first-order valence-corrected chi connectivity index (χ1v) is 13.4. The van der Waals surface area contributed by atoms with Gasteiger partial charge in [-0.3, -0.25) is 4.79 Å². The van der Waals surface area contributed by atoms with Gasteiger partial charge in [-0.15, -0.1) is 0 Å².